The monoisotopic (exact) mass is 283 g/mol. The van der Waals surface area contributed by atoms with Gasteiger partial charge in [-0.1, -0.05) is 6.58 Å². The molecule has 1 fully saturated rings. The van der Waals surface area contributed by atoms with Gasteiger partial charge in [0.2, 0.25) is 0 Å². The van der Waals surface area contributed by atoms with E-state index < -0.39 is 17.7 Å². The number of Topliss-reactive ketones (excluding diaryl/α,β-unsaturated/α-hetero) is 1. The van der Waals surface area contributed by atoms with Gasteiger partial charge in [-0.3, -0.25) is 4.79 Å². The van der Waals surface area contributed by atoms with Crippen LogP contribution in [0.2, 0.25) is 0 Å². The van der Waals surface area contributed by atoms with Gasteiger partial charge in [0, 0.05) is 13.2 Å². The number of hydrogen-bond acceptors (Lipinski definition) is 4. The van der Waals surface area contributed by atoms with Crippen molar-refractivity contribution >= 4 is 11.9 Å². The van der Waals surface area contributed by atoms with Gasteiger partial charge in [0.1, 0.15) is 5.60 Å². The van der Waals surface area contributed by atoms with Crippen molar-refractivity contribution in [1.82, 2.24) is 5.32 Å². The lowest BCUT2D eigenvalue weighted by molar-refractivity contribution is -0.117. The summed E-state index contributed by atoms with van der Waals surface area (Å²) in [6.45, 7) is 12.0. The maximum Gasteiger partial charge on any atom is 0.408 e. The van der Waals surface area contributed by atoms with Crippen molar-refractivity contribution in [3.63, 3.8) is 0 Å². The van der Waals surface area contributed by atoms with E-state index in [2.05, 4.69) is 11.9 Å². The molecule has 0 aromatic carbocycles. The molecule has 1 amide bonds. The molecular weight excluding hydrogens is 258 g/mol. The van der Waals surface area contributed by atoms with Gasteiger partial charge in [0.05, 0.1) is 6.04 Å². The summed E-state index contributed by atoms with van der Waals surface area (Å²) < 4.78 is 10.5. The van der Waals surface area contributed by atoms with Crippen molar-refractivity contribution in [2.75, 3.05) is 13.2 Å². The molecule has 5 nitrogen and oxygen atoms in total. The lowest BCUT2D eigenvalue weighted by Gasteiger charge is -2.24. The molecule has 0 radical (unpaired) electrons. The fourth-order valence-corrected chi connectivity index (χ4v) is 2.08. The molecule has 1 heterocycles. The molecule has 1 aliphatic rings. The maximum atomic E-state index is 12.1. The van der Waals surface area contributed by atoms with Crippen LogP contribution in [0.4, 0.5) is 4.79 Å². The Bertz CT molecular complexity index is 378. The van der Waals surface area contributed by atoms with Gasteiger partial charge in [-0.15, -0.1) is 0 Å². The van der Waals surface area contributed by atoms with Crippen LogP contribution in [0.15, 0.2) is 12.2 Å². The van der Waals surface area contributed by atoms with Crippen LogP contribution in [0.3, 0.4) is 0 Å². The molecule has 5 heteroatoms. The van der Waals surface area contributed by atoms with E-state index in [9.17, 15) is 9.59 Å². The number of carbonyl (C=O) groups is 2. The van der Waals surface area contributed by atoms with Crippen molar-refractivity contribution in [2.45, 2.75) is 52.2 Å². The normalized spacial score (nSPS) is 20.3. The predicted molar refractivity (Wildman–Crippen MR) is 76.5 cm³/mol. The Balaban J connectivity index is 2.64. The van der Waals surface area contributed by atoms with E-state index in [1.165, 1.54) is 0 Å². The van der Waals surface area contributed by atoms with Gasteiger partial charge in [0.15, 0.2) is 5.78 Å². The minimum absolute atomic E-state index is 0.150. The smallest absolute Gasteiger partial charge is 0.408 e. The highest BCUT2D eigenvalue weighted by molar-refractivity contribution is 5.99. The summed E-state index contributed by atoms with van der Waals surface area (Å²) in [5.41, 5.74) is -0.151. The molecule has 114 valence electrons. The summed E-state index contributed by atoms with van der Waals surface area (Å²) in [6, 6.07) is -0.589. The molecule has 1 aliphatic heterocycles. The number of ketones is 1. The highest BCUT2D eigenvalue weighted by atomic mass is 16.6. The van der Waals surface area contributed by atoms with Crippen LogP contribution in [0.1, 0.15) is 40.5 Å². The highest BCUT2D eigenvalue weighted by Crippen LogP contribution is 2.20. The van der Waals surface area contributed by atoms with Gasteiger partial charge in [-0.25, -0.2) is 4.79 Å². The zero-order chi connectivity index (χ0) is 15.3. The van der Waals surface area contributed by atoms with Crippen molar-refractivity contribution < 1.29 is 19.1 Å². The third-order valence-electron chi connectivity index (χ3n) is 3.02. The number of hydrogen-bond donors (Lipinski definition) is 1. The first-order valence-corrected chi connectivity index (χ1v) is 6.96. The Kier molecular flexibility index (Phi) is 5.74. The van der Waals surface area contributed by atoms with Gasteiger partial charge in [0.25, 0.3) is 0 Å². The quantitative estimate of drug-likeness (QED) is 0.787. The van der Waals surface area contributed by atoms with Gasteiger partial charge in [-0.05, 0) is 52.0 Å². The molecule has 0 saturated carbocycles. The van der Waals surface area contributed by atoms with E-state index in [4.69, 9.17) is 9.47 Å². The van der Waals surface area contributed by atoms with Gasteiger partial charge in [-0.2, -0.15) is 0 Å². The summed E-state index contributed by atoms with van der Waals surface area (Å²) in [5.74, 6) is 0.140. The van der Waals surface area contributed by atoms with E-state index in [1.54, 1.807) is 27.7 Å². The first-order chi connectivity index (χ1) is 9.19. The molecule has 0 aromatic rings. The summed E-state index contributed by atoms with van der Waals surface area (Å²) in [4.78, 5) is 23.9. The van der Waals surface area contributed by atoms with Crippen molar-refractivity contribution in [3.05, 3.63) is 12.2 Å². The third kappa shape index (κ3) is 5.74. The molecule has 1 saturated heterocycles. The lowest BCUT2D eigenvalue weighted by atomic mass is 9.94. The van der Waals surface area contributed by atoms with Crippen molar-refractivity contribution in [2.24, 2.45) is 5.92 Å². The third-order valence-corrected chi connectivity index (χ3v) is 3.02. The number of alkyl carbamates (subject to hydrolysis) is 1. The number of carbonyl (C=O) groups excluding carboxylic acids is 2. The average Bonchev–Trinajstić information content (AvgIpc) is 2.77. The Morgan fingerprint density at radius 3 is 2.55 bits per heavy atom. The first kappa shape index (κ1) is 16.7. The van der Waals surface area contributed by atoms with E-state index >= 15 is 0 Å². The van der Waals surface area contributed by atoms with Crippen LogP contribution in [-0.4, -0.2) is 36.7 Å². The van der Waals surface area contributed by atoms with Crippen molar-refractivity contribution in [3.8, 4) is 0 Å². The fraction of sp³-hybridized carbons (Fsp3) is 0.733. The lowest BCUT2D eigenvalue weighted by Crippen LogP contribution is -2.44. The summed E-state index contributed by atoms with van der Waals surface area (Å²) in [6.07, 6.45) is 0.900. The zero-order valence-electron chi connectivity index (χ0n) is 12.8. The van der Waals surface area contributed by atoms with Crippen LogP contribution in [0, 0.1) is 5.92 Å². The predicted octanol–water partition coefficient (Wildman–Crippen LogP) is 2.45. The van der Waals surface area contributed by atoms with Crippen LogP contribution in [-0.2, 0) is 14.3 Å². The number of ether oxygens (including phenoxy) is 2. The van der Waals surface area contributed by atoms with Crippen LogP contribution in [0.25, 0.3) is 0 Å². The molecule has 0 spiro atoms. The molecule has 0 unspecified atom stereocenters. The molecular formula is C15H25NO4. The maximum absolute atomic E-state index is 12.1. The molecule has 20 heavy (non-hydrogen) atoms. The van der Waals surface area contributed by atoms with E-state index in [0.717, 1.165) is 6.42 Å². The average molecular weight is 283 g/mol. The van der Waals surface area contributed by atoms with E-state index in [-0.39, 0.29) is 5.78 Å². The minimum atomic E-state index is -0.589. The fourth-order valence-electron chi connectivity index (χ4n) is 2.08. The summed E-state index contributed by atoms with van der Waals surface area (Å²) in [5, 5.41) is 2.65. The Morgan fingerprint density at radius 1 is 1.45 bits per heavy atom. The second-order valence-corrected chi connectivity index (χ2v) is 6.31. The molecule has 0 aromatic heterocycles. The number of rotatable bonds is 5. The van der Waals surface area contributed by atoms with Crippen molar-refractivity contribution in [1.29, 1.82) is 0 Å². The number of amides is 1. The topological polar surface area (TPSA) is 64.6 Å². The zero-order valence-corrected chi connectivity index (χ0v) is 12.8. The van der Waals surface area contributed by atoms with E-state index in [0.29, 0.717) is 31.1 Å². The minimum Gasteiger partial charge on any atom is -0.444 e. The van der Waals surface area contributed by atoms with Gasteiger partial charge >= 0.3 is 6.09 Å². The molecule has 1 N–H and O–H groups in total. The standard InChI is InChI=1S/C15H25NO4/c1-10(2)13(17)12(8-11-6-7-19-9-11)16-14(18)20-15(3,4)5/h11-12H,1,6-9H2,2-5H3,(H,16,18)/t11-,12+/m1/s1. The molecule has 0 bridgehead atoms. The first-order valence-electron chi connectivity index (χ1n) is 6.96. The highest BCUT2D eigenvalue weighted by Gasteiger charge is 2.28. The molecule has 2 atom stereocenters. The summed E-state index contributed by atoms with van der Waals surface area (Å²) in [7, 11) is 0. The van der Waals surface area contributed by atoms with E-state index in [1.807, 2.05) is 0 Å². The Hall–Kier alpha value is -1.36. The largest absolute Gasteiger partial charge is 0.444 e. The van der Waals surface area contributed by atoms with Crippen LogP contribution >= 0.6 is 0 Å². The van der Waals surface area contributed by atoms with Crippen LogP contribution < -0.4 is 5.32 Å². The van der Waals surface area contributed by atoms with Gasteiger partial charge < -0.3 is 14.8 Å². The SMILES string of the molecule is C=C(C)C(=O)[C@H](C[C@H]1CCOC1)NC(=O)OC(C)(C)C. The number of nitrogens with one attached hydrogen (secondary N) is 1. The van der Waals surface area contributed by atoms with Crippen LogP contribution in [0.5, 0.6) is 0 Å². The summed E-state index contributed by atoms with van der Waals surface area (Å²) >= 11 is 0. The Morgan fingerprint density at radius 2 is 2.10 bits per heavy atom. The second-order valence-electron chi connectivity index (χ2n) is 6.31. The Labute approximate surface area is 120 Å². The molecule has 1 rings (SSSR count). The molecule has 0 aliphatic carbocycles. The second kappa shape index (κ2) is 6.88.